The van der Waals surface area contributed by atoms with Crippen molar-refractivity contribution in [1.82, 2.24) is 9.97 Å². The SMILES string of the molecule is O=C(Nc1ccccn1)c1cccc(Oc2ccccn2)c1. The quantitative estimate of drug-likeness (QED) is 0.798. The van der Waals surface area contributed by atoms with Crippen LogP contribution in [0.15, 0.2) is 73.1 Å². The van der Waals surface area contributed by atoms with Gasteiger partial charge in [0, 0.05) is 24.0 Å². The van der Waals surface area contributed by atoms with Crippen molar-refractivity contribution in [3.63, 3.8) is 0 Å². The van der Waals surface area contributed by atoms with E-state index >= 15 is 0 Å². The van der Waals surface area contributed by atoms with Crippen molar-refractivity contribution in [3.8, 4) is 11.6 Å². The smallest absolute Gasteiger partial charge is 0.256 e. The van der Waals surface area contributed by atoms with Crippen molar-refractivity contribution < 1.29 is 9.53 Å². The molecule has 0 unspecified atom stereocenters. The molecule has 1 N–H and O–H groups in total. The van der Waals surface area contributed by atoms with Gasteiger partial charge in [0.05, 0.1) is 0 Å². The van der Waals surface area contributed by atoms with Crippen molar-refractivity contribution in [2.24, 2.45) is 0 Å². The molecule has 0 aliphatic carbocycles. The second-order valence-corrected chi connectivity index (χ2v) is 4.47. The highest BCUT2D eigenvalue weighted by Gasteiger charge is 2.08. The minimum absolute atomic E-state index is 0.245. The number of ether oxygens (including phenoxy) is 1. The summed E-state index contributed by atoms with van der Waals surface area (Å²) < 4.78 is 5.61. The monoisotopic (exact) mass is 291 g/mol. The minimum atomic E-state index is -0.245. The number of carbonyl (C=O) groups excluding carboxylic acids is 1. The van der Waals surface area contributed by atoms with Gasteiger partial charge in [-0.1, -0.05) is 18.2 Å². The van der Waals surface area contributed by atoms with Crippen LogP contribution in [-0.4, -0.2) is 15.9 Å². The Morgan fingerprint density at radius 2 is 1.73 bits per heavy atom. The molecule has 0 saturated heterocycles. The van der Waals surface area contributed by atoms with Crippen LogP contribution in [0.4, 0.5) is 5.82 Å². The number of amides is 1. The Bertz CT molecular complexity index is 761. The van der Waals surface area contributed by atoms with Crippen LogP contribution in [0, 0.1) is 0 Å². The summed E-state index contributed by atoms with van der Waals surface area (Å²) in [5.74, 6) is 1.28. The van der Waals surface area contributed by atoms with Crippen molar-refractivity contribution in [3.05, 3.63) is 78.6 Å². The van der Waals surface area contributed by atoms with E-state index in [1.807, 2.05) is 18.2 Å². The van der Waals surface area contributed by atoms with Gasteiger partial charge >= 0.3 is 0 Å². The van der Waals surface area contributed by atoms with Gasteiger partial charge in [0.15, 0.2) is 0 Å². The van der Waals surface area contributed by atoms with E-state index in [1.165, 1.54) is 0 Å². The molecule has 0 fully saturated rings. The first-order chi connectivity index (χ1) is 10.8. The van der Waals surface area contributed by atoms with Gasteiger partial charge in [-0.2, -0.15) is 0 Å². The molecule has 108 valence electrons. The number of carbonyl (C=O) groups is 1. The lowest BCUT2D eigenvalue weighted by Gasteiger charge is -2.07. The number of nitrogens with zero attached hydrogens (tertiary/aromatic N) is 2. The number of hydrogen-bond acceptors (Lipinski definition) is 4. The normalized spacial score (nSPS) is 10.0. The summed E-state index contributed by atoms with van der Waals surface area (Å²) in [6.45, 7) is 0. The summed E-state index contributed by atoms with van der Waals surface area (Å²) in [6.07, 6.45) is 3.27. The first-order valence-electron chi connectivity index (χ1n) is 6.72. The predicted molar refractivity (Wildman–Crippen MR) is 82.9 cm³/mol. The average molecular weight is 291 g/mol. The van der Waals surface area contributed by atoms with E-state index in [4.69, 9.17) is 4.74 Å². The Labute approximate surface area is 127 Å². The maximum atomic E-state index is 12.2. The van der Waals surface area contributed by atoms with Crippen LogP contribution >= 0.6 is 0 Å². The molecule has 5 nitrogen and oxygen atoms in total. The molecule has 0 aliphatic rings. The lowest BCUT2D eigenvalue weighted by atomic mass is 10.2. The third kappa shape index (κ3) is 3.46. The first-order valence-corrected chi connectivity index (χ1v) is 6.72. The fraction of sp³-hybridized carbons (Fsp3) is 0. The van der Waals surface area contributed by atoms with Crippen molar-refractivity contribution >= 4 is 11.7 Å². The number of nitrogens with one attached hydrogen (secondary N) is 1. The fourth-order valence-corrected chi connectivity index (χ4v) is 1.85. The van der Waals surface area contributed by atoms with Crippen LogP contribution in [0.25, 0.3) is 0 Å². The minimum Gasteiger partial charge on any atom is -0.439 e. The molecular weight excluding hydrogens is 278 g/mol. The summed E-state index contributed by atoms with van der Waals surface area (Å²) in [5, 5.41) is 2.73. The maximum Gasteiger partial charge on any atom is 0.256 e. The highest BCUT2D eigenvalue weighted by molar-refractivity contribution is 6.03. The van der Waals surface area contributed by atoms with E-state index in [-0.39, 0.29) is 5.91 Å². The second kappa shape index (κ2) is 6.49. The molecular formula is C17H13N3O2. The molecule has 22 heavy (non-hydrogen) atoms. The standard InChI is InChI=1S/C17H13N3O2/c21-17(20-15-8-1-3-10-18-15)13-6-5-7-14(12-13)22-16-9-2-4-11-19-16/h1-12H,(H,18,20,21). The van der Waals surface area contributed by atoms with E-state index in [2.05, 4.69) is 15.3 Å². The molecule has 0 atom stereocenters. The van der Waals surface area contributed by atoms with E-state index in [9.17, 15) is 4.79 Å². The Kier molecular flexibility index (Phi) is 4.06. The highest BCUT2D eigenvalue weighted by Crippen LogP contribution is 2.20. The third-order valence-corrected chi connectivity index (χ3v) is 2.86. The molecule has 3 aromatic rings. The molecule has 2 heterocycles. The molecule has 1 aromatic carbocycles. The highest BCUT2D eigenvalue weighted by atomic mass is 16.5. The van der Waals surface area contributed by atoms with E-state index < -0.39 is 0 Å². The number of aromatic nitrogens is 2. The van der Waals surface area contributed by atoms with Crippen molar-refractivity contribution in [1.29, 1.82) is 0 Å². The Hall–Kier alpha value is -3.21. The third-order valence-electron chi connectivity index (χ3n) is 2.86. The summed E-state index contributed by atoms with van der Waals surface area (Å²) in [4.78, 5) is 20.3. The number of hydrogen-bond donors (Lipinski definition) is 1. The zero-order valence-electron chi connectivity index (χ0n) is 11.6. The van der Waals surface area contributed by atoms with Crippen LogP contribution < -0.4 is 10.1 Å². The lowest BCUT2D eigenvalue weighted by Crippen LogP contribution is -2.12. The Morgan fingerprint density at radius 3 is 2.45 bits per heavy atom. The predicted octanol–water partition coefficient (Wildman–Crippen LogP) is 3.52. The Balaban J connectivity index is 1.75. The second-order valence-electron chi connectivity index (χ2n) is 4.47. The molecule has 0 radical (unpaired) electrons. The van der Waals surface area contributed by atoms with Gasteiger partial charge in [0.25, 0.3) is 5.91 Å². The summed E-state index contributed by atoms with van der Waals surface area (Å²) >= 11 is 0. The zero-order valence-corrected chi connectivity index (χ0v) is 11.6. The molecule has 1 amide bonds. The van der Waals surface area contributed by atoms with Gasteiger partial charge in [0.1, 0.15) is 11.6 Å². The number of rotatable bonds is 4. The number of anilines is 1. The largest absolute Gasteiger partial charge is 0.439 e. The molecule has 0 aliphatic heterocycles. The molecule has 5 heteroatoms. The fourth-order valence-electron chi connectivity index (χ4n) is 1.85. The van der Waals surface area contributed by atoms with Gasteiger partial charge in [-0.15, -0.1) is 0 Å². The summed E-state index contributed by atoms with van der Waals surface area (Å²) in [6, 6.07) is 17.6. The van der Waals surface area contributed by atoms with Gasteiger partial charge in [-0.3, -0.25) is 4.79 Å². The topological polar surface area (TPSA) is 64.1 Å². The van der Waals surface area contributed by atoms with Crippen LogP contribution in [0.3, 0.4) is 0 Å². The lowest BCUT2D eigenvalue weighted by molar-refractivity contribution is 0.102. The van der Waals surface area contributed by atoms with E-state index in [1.54, 1.807) is 54.9 Å². The van der Waals surface area contributed by atoms with Crippen LogP contribution in [0.2, 0.25) is 0 Å². The number of benzene rings is 1. The van der Waals surface area contributed by atoms with Crippen LogP contribution in [-0.2, 0) is 0 Å². The van der Waals surface area contributed by atoms with Crippen LogP contribution in [0.5, 0.6) is 11.6 Å². The van der Waals surface area contributed by atoms with Crippen LogP contribution in [0.1, 0.15) is 10.4 Å². The van der Waals surface area contributed by atoms with Gasteiger partial charge in [-0.05, 0) is 36.4 Å². The van der Waals surface area contributed by atoms with Gasteiger partial charge < -0.3 is 10.1 Å². The molecule has 0 saturated carbocycles. The summed E-state index contributed by atoms with van der Waals surface area (Å²) in [5.41, 5.74) is 0.485. The Morgan fingerprint density at radius 1 is 0.909 bits per heavy atom. The summed E-state index contributed by atoms with van der Waals surface area (Å²) in [7, 11) is 0. The van der Waals surface area contributed by atoms with Crippen molar-refractivity contribution in [2.45, 2.75) is 0 Å². The molecule has 0 bridgehead atoms. The van der Waals surface area contributed by atoms with Gasteiger partial charge in [0.2, 0.25) is 5.88 Å². The zero-order chi connectivity index (χ0) is 15.2. The average Bonchev–Trinajstić information content (AvgIpc) is 2.57. The molecule has 0 spiro atoms. The molecule has 3 rings (SSSR count). The van der Waals surface area contributed by atoms with E-state index in [0.29, 0.717) is 23.0 Å². The molecule has 2 aromatic heterocycles. The maximum absolute atomic E-state index is 12.2. The van der Waals surface area contributed by atoms with Crippen molar-refractivity contribution in [2.75, 3.05) is 5.32 Å². The number of pyridine rings is 2. The first kappa shape index (κ1) is 13.8. The van der Waals surface area contributed by atoms with Gasteiger partial charge in [-0.25, -0.2) is 9.97 Å². The van der Waals surface area contributed by atoms with E-state index in [0.717, 1.165) is 0 Å².